The number of carbonyl (C=O) groups is 6. The van der Waals surface area contributed by atoms with Crippen molar-refractivity contribution < 1.29 is 61.9 Å². The summed E-state index contributed by atoms with van der Waals surface area (Å²) in [7, 11) is 1.02. The summed E-state index contributed by atoms with van der Waals surface area (Å²) in [5.74, 6) is -4.60. The van der Waals surface area contributed by atoms with Crippen molar-refractivity contribution in [3.05, 3.63) is 0 Å². The third-order valence-corrected chi connectivity index (χ3v) is 4.18. The van der Waals surface area contributed by atoms with Crippen LogP contribution in [0.25, 0.3) is 0 Å². The van der Waals surface area contributed by atoms with E-state index in [4.69, 9.17) is 33.2 Å². The maximum absolute atomic E-state index is 12.6. The number of hydrogen-bond acceptors (Lipinski definition) is 13. The first-order valence-corrected chi connectivity index (χ1v) is 10.5. The zero-order valence-electron chi connectivity index (χ0n) is 20.8. The van der Waals surface area contributed by atoms with E-state index in [0.717, 1.165) is 34.8 Å². The topological polar surface area (TPSA) is 179 Å². The van der Waals surface area contributed by atoms with E-state index in [1.807, 2.05) is 0 Å². The Hall–Kier alpha value is -3.42. The lowest BCUT2D eigenvalue weighted by Gasteiger charge is -2.45. The Morgan fingerprint density at radius 1 is 0.743 bits per heavy atom. The molecule has 1 rings (SSSR count). The smallest absolute Gasteiger partial charge is 0.408 e. The van der Waals surface area contributed by atoms with Gasteiger partial charge in [-0.25, -0.2) is 9.59 Å². The van der Waals surface area contributed by atoms with Crippen molar-refractivity contribution in [2.75, 3.05) is 7.11 Å². The van der Waals surface area contributed by atoms with Gasteiger partial charge < -0.3 is 38.5 Å². The molecule has 35 heavy (non-hydrogen) atoms. The molecular weight excluding hydrogens is 474 g/mol. The van der Waals surface area contributed by atoms with Crippen LogP contribution >= 0.6 is 0 Å². The highest BCUT2D eigenvalue weighted by Gasteiger charge is 2.57. The van der Waals surface area contributed by atoms with Gasteiger partial charge in [-0.1, -0.05) is 0 Å². The molecule has 0 aliphatic carbocycles. The number of carbonyl (C=O) groups excluding carboxylic acids is 6. The summed E-state index contributed by atoms with van der Waals surface area (Å²) >= 11 is 0. The molecule has 198 valence electrons. The van der Waals surface area contributed by atoms with E-state index in [2.05, 4.69) is 5.32 Å². The van der Waals surface area contributed by atoms with Crippen LogP contribution in [0.4, 0.5) is 4.79 Å². The number of ether oxygens (including phenoxy) is 7. The molecule has 1 N–H and O–H groups in total. The first kappa shape index (κ1) is 29.6. The SMILES string of the molecule is COC(=O)[C@@H](NC(=O)OC(C)(C)C)[C@H]1O[C@@H](OC(C)=O)[C@H](OC(C)=O)[C@H](OC(C)=O)[C@@H]1OC(C)=O. The van der Waals surface area contributed by atoms with Crippen LogP contribution in [0.1, 0.15) is 48.5 Å². The monoisotopic (exact) mass is 505 g/mol. The second-order valence-electron chi connectivity index (χ2n) is 8.45. The third-order valence-electron chi connectivity index (χ3n) is 4.18. The van der Waals surface area contributed by atoms with Crippen molar-refractivity contribution in [3.8, 4) is 0 Å². The summed E-state index contributed by atoms with van der Waals surface area (Å²) in [6.07, 6.45) is -9.29. The minimum Gasteiger partial charge on any atom is -0.467 e. The molecule has 0 bridgehead atoms. The van der Waals surface area contributed by atoms with Crippen LogP contribution in [0.2, 0.25) is 0 Å². The number of esters is 5. The third kappa shape index (κ3) is 9.39. The number of methoxy groups -OCH3 is 1. The normalized spacial score (nSPS) is 24.7. The fraction of sp³-hybridized carbons (Fsp3) is 0.714. The minimum absolute atomic E-state index is 0.871. The lowest BCUT2D eigenvalue weighted by Crippen LogP contribution is -2.68. The Bertz CT molecular complexity index is 834. The molecule has 1 aliphatic heterocycles. The van der Waals surface area contributed by atoms with E-state index in [0.29, 0.717) is 0 Å². The van der Waals surface area contributed by atoms with Crippen molar-refractivity contribution in [1.29, 1.82) is 0 Å². The van der Waals surface area contributed by atoms with Crippen molar-refractivity contribution in [2.45, 2.75) is 90.8 Å². The lowest BCUT2D eigenvalue weighted by atomic mass is 9.93. The number of amides is 1. The number of nitrogens with one attached hydrogen (secondary N) is 1. The van der Waals surface area contributed by atoms with Gasteiger partial charge >= 0.3 is 35.9 Å². The van der Waals surface area contributed by atoms with Crippen LogP contribution < -0.4 is 5.32 Å². The fourth-order valence-corrected chi connectivity index (χ4v) is 3.17. The molecule has 1 heterocycles. The Morgan fingerprint density at radius 2 is 1.20 bits per heavy atom. The molecule has 1 saturated heterocycles. The van der Waals surface area contributed by atoms with Crippen LogP contribution in [0.15, 0.2) is 0 Å². The average Bonchev–Trinajstić information content (AvgIpc) is 2.67. The molecular formula is C21H31NO13. The Kier molecular flexibility index (Phi) is 10.4. The van der Waals surface area contributed by atoms with Crippen molar-refractivity contribution >= 4 is 35.9 Å². The van der Waals surface area contributed by atoms with E-state index in [9.17, 15) is 28.8 Å². The van der Waals surface area contributed by atoms with E-state index in [1.54, 1.807) is 20.8 Å². The molecule has 1 aliphatic rings. The zero-order valence-corrected chi connectivity index (χ0v) is 20.8. The van der Waals surface area contributed by atoms with E-state index in [-0.39, 0.29) is 0 Å². The van der Waals surface area contributed by atoms with Gasteiger partial charge in [0.15, 0.2) is 18.2 Å². The molecule has 14 heteroatoms. The van der Waals surface area contributed by atoms with Crippen molar-refractivity contribution in [1.82, 2.24) is 5.32 Å². The van der Waals surface area contributed by atoms with Crippen LogP contribution in [0.3, 0.4) is 0 Å². The standard InChI is InChI=1S/C21H31NO13/c1-9(23)30-15-14(13(18(27)29-8)22-20(28)35-21(5,6)7)34-19(33-12(4)26)17(32-11(3)25)16(15)31-10(2)24/h13-17,19H,1-8H3,(H,22,28)/t13-,14+,15+,16+,17+,19+/m0/s1. The Labute approximate surface area is 201 Å². The largest absolute Gasteiger partial charge is 0.467 e. The molecule has 14 nitrogen and oxygen atoms in total. The predicted octanol–water partition coefficient (Wildman–Crippen LogP) is 0.136. The van der Waals surface area contributed by atoms with Gasteiger partial charge in [-0.3, -0.25) is 19.2 Å². The van der Waals surface area contributed by atoms with Gasteiger partial charge in [-0.05, 0) is 20.8 Å². The summed E-state index contributed by atoms with van der Waals surface area (Å²) in [5, 5.41) is 2.26. The molecule has 0 unspecified atom stereocenters. The average molecular weight is 505 g/mol. The van der Waals surface area contributed by atoms with Crippen molar-refractivity contribution in [2.24, 2.45) is 0 Å². The van der Waals surface area contributed by atoms with Gasteiger partial charge in [0.25, 0.3) is 0 Å². The van der Waals surface area contributed by atoms with Gasteiger partial charge in [0, 0.05) is 27.7 Å². The second kappa shape index (κ2) is 12.3. The Morgan fingerprint density at radius 3 is 1.63 bits per heavy atom. The fourth-order valence-electron chi connectivity index (χ4n) is 3.17. The summed E-state index contributed by atoms with van der Waals surface area (Å²) in [4.78, 5) is 72.3. The maximum Gasteiger partial charge on any atom is 0.408 e. The molecule has 1 fully saturated rings. The van der Waals surface area contributed by atoms with Crippen molar-refractivity contribution in [3.63, 3.8) is 0 Å². The van der Waals surface area contributed by atoms with Gasteiger partial charge in [-0.15, -0.1) is 0 Å². The summed E-state index contributed by atoms with van der Waals surface area (Å²) < 4.78 is 36.4. The van der Waals surface area contributed by atoms with E-state index < -0.39 is 78.3 Å². The summed E-state index contributed by atoms with van der Waals surface area (Å²) in [5.41, 5.74) is -0.950. The summed E-state index contributed by atoms with van der Waals surface area (Å²) in [6, 6.07) is -1.71. The molecule has 0 aromatic rings. The molecule has 0 aromatic heterocycles. The highest BCUT2D eigenvalue weighted by Crippen LogP contribution is 2.31. The highest BCUT2D eigenvalue weighted by atomic mass is 16.7. The first-order valence-electron chi connectivity index (χ1n) is 10.5. The van der Waals surface area contributed by atoms with Crippen LogP contribution in [0.5, 0.6) is 0 Å². The molecule has 0 radical (unpaired) electrons. The minimum atomic E-state index is -1.73. The maximum atomic E-state index is 12.6. The quantitative estimate of drug-likeness (QED) is 0.365. The van der Waals surface area contributed by atoms with Gasteiger partial charge in [0.05, 0.1) is 7.11 Å². The molecule has 0 spiro atoms. The van der Waals surface area contributed by atoms with Crippen LogP contribution in [0, 0.1) is 0 Å². The number of hydrogen-bond donors (Lipinski definition) is 1. The van der Waals surface area contributed by atoms with Gasteiger partial charge in [-0.2, -0.15) is 0 Å². The van der Waals surface area contributed by atoms with E-state index >= 15 is 0 Å². The predicted molar refractivity (Wildman–Crippen MR) is 112 cm³/mol. The van der Waals surface area contributed by atoms with E-state index in [1.165, 1.54) is 0 Å². The molecule has 6 atom stereocenters. The number of alkyl carbamates (subject to hydrolysis) is 1. The van der Waals surface area contributed by atoms with Gasteiger partial charge in [0.1, 0.15) is 11.7 Å². The van der Waals surface area contributed by atoms with Crippen LogP contribution in [-0.4, -0.2) is 85.4 Å². The molecule has 0 aromatic carbocycles. The lowest BCUT2D eigenvalue weighted by molar-refractivity contribution is -0.299. The Balaban J connectivity index is 3.60. The number of rotatable bonds is 7. The molecule has 0 saturated carbocycles. The van der Waals surface area contributed by atoms with Gasteiger partial charge in [0.2, 0.25) is 12.4 Å². The second-order valence-corrected chi connectivity index (χ2v) is 8.45. The first-order chi connectivity index (χ1) is 16.0. The zero-order chi connectivity index (χ0) is 27.1. The highest BCUT2D eigenvalue weighted by molar-refractivity contribution is 5.82. The summed E-state index contributed by atoms with van der Waals surface area (Å²) in [6.45, 7) is 8.84. The molecule has 1 amide bonds. The van der Waals surface area contributed by atoms with Crippen LogP contribution in [-0.2, 0) is 57.1 Å².